The lowest BCUT2D eigenvalue weighted by Crippen LogP contribution is -2.53. The fourth-order valence-electron chi connectivity index (χ4n) is 3.09. The van der Waals surface area contributed by atoms with Crippen molar-refractivity contribution in [1.29, 1.82) is 0 Å². The zero-order chi connectivity index (χ0) is 16.8. The second-order valence-electron chi connectivity index (χ2n) is 6.04. The van der Waals surface area contributed by atoms with E-state index in [9.17, 15) is 4.79 Å². The number of carbonyl (C=O) groups is 1. The van der Waals surface area contributed by atoms with Gasteiger partial charge in [-0.15, -0.1) is 24.8 Å². The summed E-state index contributed by atoms with van der Waals surface area (Å²) in [6.07, 6.45) is 0. The van der Waals surface area contributed by atoms with Gasteiger partial charge in [0.1, 0.15) is 6.04 Å². The van der Waals surface area contributed by atoms with Gasteiger partial charge in [0.2, 0.25) is 5.91 Å². The summed E-state index contributed by atoms with van der Waals surface area (Å²) in [5.41, 5.74) is 1.15. The average molecular weight is 427 g/mol. The maximum atomic E-state index is 12.4. The second kappa shape index (κ2) is 12.0. The van der Waals surface area contributed by atoms with E-state index in [0.717, 1.165) is 31.9 Å². The summed E-state index contributed by atoms with van der Waals surface area (Å²) in [6.45, 7) is 5.49. The molecule has 6 nitrogen and oxygen atoms in total. The summed E-state index contributed by atoms with van der Waals surface area (Å²) in [7, 11) is 0. The number of benzene rings is 1. The molecule has 2 aliphatic heterocycles. The number of rotatable bonds is 5. The fraction of sp³-hybridized carbons (Fsp3) is 0.588. The first-order valence-corrected chi connectivity index (χ1v) is 8.78. The lowest BCUT2D eigenvalue weighted by atomic mass is 10.0. The Morgan fingerprint density at radius 2 is 1.88 bits per heavy atom. The molecule has 26 heavy (non-hydrogen) atoms. The monoisotopic (exact) mass is 425 g/mol. The van der Waals surface area contributed by atoms with E-state index in [0.29, 0.717) is 31.3 Å². The van der Waals surface area contributed by atoms with Crippen molar-refractivity contribution in [2.75, 3.05) is 52.6 Å². The highest BCUT2D eigenvalue weighted by atomic mass is 35.5. The van der Waals surface area contributed by atoms with Crippen LogP contribution in [0.5, 0.6) is 0 Å². The number of carbonyl (C=O) groups excluding carboxylic acids is 1. The van der Waals surface area contributed by atoms with E-state index in [1.807, 2.05) is 24.3 Å². The van der Waals surface area contributed by atoms with Crippen LogP contribution in [0.2, 0.25) is 5.02 Å². The SMILES string of the molecule is Cl.Cl.O=C(NCC(c1ccc(Cl)cc1)N1CCOCC1)C1COCCN1. The van der Waals surface area contributed by atoms with E-state index in [1.165, 1.54) is 0 Å². The third kappa shape index (κ3) is 6.53. The quantitative estimate of drug-likeness (QED) is 0.750. The summed E-state index contributed by atoms with van der Waals surface area (Å²) in [5.74, 6) is -0.0121. The number of nitrogens with zero attached hydrogens (tertiary/aromatic N) is 1. The lowest BCUT2D eigenvalue weighted by Gasteiger charge is -2.35. The Hall–Kier alpha value is -0.600. The van der Waals surface area contributed by atoms with Crippen LogP contribution >= 0.6 is 36.4 Å². The predicted molar refractivity (Wildman–Crippen MR) is 107 cm³/mol. The number of nitrogens with one attached hydrogen (secondary N) is 2. The molecule has 2 saturated heterocycles. The van der Waals surface area contributed by atoms with Crippen LogP contribution in [-0.2, 0) is 14.3 Å². The van der Waals surface area contributed by atoms with Crippen LogP contribution in [0, 0.1) is 0 Å². The topological polar surface area (TPSA) is 62.8 Å². The van der Waals surface area contributed by atoms with Gasteiger partial charge in [-0.3, -0.25) is 9.69 Å². The first kappa shape index (κ1) is 23.4. The summed E-state index contributed by atoms with van der Waals surface area (Å²) in [6, 6.07) is 7.67. The molecule has 2 fully saturated rings. The van der Waals surface area contributed by atoms with E-state index in [-0.39, 0.29) is 42.8 Å². The number of halogens is 3. The number of hydrogen-bond donors (Lipinski definition) is 2. The molecular weight excluding hydrogens is 401 g/mol. The minimum Gasteiger partial charge on any atom is -0.379 e. The van der Waals surface area contributed by atoms with Gasteiger partial charge in [-0.05, 0) is 17.7 Å². The van der Waals surface area contributed by atoms with Gasteiger partial charge in [-0.2, -0.15) is 0 Å². The Kier molecular flexibility index (Phi) is 10.8. The van der Waals surface area contributed by atoms with Gasteiger partial charge < -0.3 is 20.1 Å². The molecule has 1 aromatic carbocycles. The van der Waals surface area contributed by atoms with Crippen LogP contribution < -0.4 is 10.6 Å². The number of amides is 1. The largest absolute Gasteiger partial charge is 0.379 e. The molecular formula is C17H26Cl3N3O3. The van der Waals surface area contributed by atoms with Crippen molar-refractivity contribution >= 4 is 42.3 Å². The molecule has 0 aliphatic carbocycles. The molecule has 3 rings (SSSR count). The van der Waals surface area contributed by atoms with E-state index in [2.05, 4.69) is 15.5 Å². The van der Waals surface area contributed by atoms with Crippen molar-refractivity contribution in [3.63, 3.8) is 0 Å². The summed E-state index contributed by atoms with van der Waals surface area (Å²) in [5, 5.41) is 6.96. The minimum atomic E-state index is -0.269. The van der Waals surface area contributed by atoms with Gasteiger partial charge in [-0.1, -0.05) is 23.7 Å². The second-order valence-corrected chi connectivity index (χ2v) is 6.48. The van der Waals surface area contributed by atoms with Gasteiger partial charge in [0.05, 0.1) is 32.5 Å². The first-order chi connectivity index (χ1) is 11.7. The Bertz CT molecular complexity index is 536. The molecule has 2 unspecified atom stereocenters. The van der Waals surface area contributed by atoms with Gasteiger partial charge in [0.15, 0.2) is 0 Å². The third-order valence-corrected chi connectivity index (χ3v) is 4.70. The minimum absolute atomic E-state index is 0. The van der Waals surface area contributed by atoms with Crippen molar-refractivity contribution in [3.8, 4) is 0 Å². The molecule has 0 radical (unpaired) electrons. The molecule has 1 amide bonds. The Labute approximate surface area is 171 Å². The van der Waals surface area contributed by atoms with Crippen LogP contribution in [0.25, 0.3) is 0 Å². The molecule has 0 saturated carbocycles. The van der Waals surface area contributed by atoms with Crippen molar-refractivity contribution in [2.45, 2.75) is 12.1 Å². The Morgan fingerprint density at radius 3 is 2.50 bits per heavy atom. The average Bonchev–Trinajstić information content (AvgIpc) is 2.65. The van der Waals surface area contributed by atoms with Gasteiger partial charge in [0, 0.05) is 31.2 Å². The maximum absolute atomic E-state index is 12.4. The van der Waals surface area contributed by atoms with Gasteiger partial charge in [-0.25, -0.2) is 0 Å². The van der Waals surface area contributed by atoms with E-state index in [4.69, 9.17) is 21.1 Å². The van der Waals surface area contributed by atoms with E-state index in [1.54, 1.807) is 0 Å². The van der Waals surface area contributed by atoms with Crippen molar-refractivity contribution in [3.05, 3.63) is 34.9 Å². The number of morpholine rings is 2. The number of hydrogen-bond acceptors (Lipinski definition) is 5. The maximum Gasteiger partial charge on any atom is 0.239 e. The highest BCUT2D eigenvalue weighted by Crippen LogP contribution is 2.23. The highest BCUT2D eigenvalue weighted by Gasteiger charge is 2.26. The zero-order valence-electron chi connectivity index (χ0n) is 14.5. The van der Waals surface area contributed by atoms with Crippen molar-refractivity contribution in [2.24, 2.45) is 0 Å². The molecule has 2 atom stereocenters. The summed E-state index contributed by atoms with van der Waals surface area (Å²) < 4.78 is 10.8. The van der Waals surface area contributed by atoms with Crippen LogP contribution in [0.1, 0.15) is 11.6 Å². The normalized spacial score (nSPS) is 21.8. The van der Waals surface area contributed by atoms with E-state index >= 15 is 0 Å². The third-order valence-electron chi connectivity index (χ3n) is 4.45. The van der Waals surface area contributed by atoms with E-state index < -0.39 is 0 Å². The summed E-state index contributed by atoms with van der Waals surface area (Å²) in [4.78, 5) is 14.7. The molecule has 1 aromatic rings. The first-order valence-electron chi connectivity index (χ1n) is 8.40. The van der Waals surface area contributed by atoms with Crippen LogP contribution in [0.4, 0.5) is 0 Å². The molecule has 2 heterocycles. The molecule has 9 heteroatoms. The van der Waals surface area contributed by atoms with Crippen LogP contribution in [-0.4, -0.2) is 69.5 Å². The van der Waals surface area contributed by atoms with Gasteiger partial charge >= 0.3 is 0 Å². The van der Waals surface area contributed by atoms with Crippen LogP contribution in [0.15, 0.2) is 24.3 Å². The molecule has 2 aliphatic rings. The molecule has 148 valence electrons. The Morgan fingerprint density at radius 1 is 1.19 bits per heavy atom. The van der Waals surface area contributed by atoms with Gasteiger partial charge in [0.25, 0.3) is 0 Å². The molecule has 0 aromatic heterocycles. The molecule has 0 spiro atoms. The molecule has 2 N–H and O–H groups in total. The highest BCUT2D eigenvalue weighted by molar-refractivity contribution is 6.30. The number of ether oxygens (including phenoxy) is 2. The zero-order valence-corrected chi connectivity index (χ0v) is 16.9. The molecule has 0 bridgehead atoms. The van der Waals surface area contributed by atoms with Crippen molar-refractivity contribution < 1.29 is 14.3 Å². The Balaban J connectivity index is 0.00000169. The standard InChI is InChI=1S/C17H24ClN3O3.2ClH/c18-14-3-1-13(2-4-14)16(21-6-9-23-10-7-21)11-20-17(22)15-12-24-8-5-19-15;;/h1-4,15-16,19H,5-12H2,(H,20,22);2*1H. The van der Waals surface area contributed by atoms with Crippen molar-refractivity contribution in [1.82, 2.24) is 15.5 Å². The van der Waals surface area contributed by atoms with Crippen LogP contribution in [0.3, 0.4) is 0 Å². The lowest BCUT2D eigenvalue weighted by molar-refractivity contribution is -0.126. The fourth-order valence-corrected chi connectivity index (χ4v) is 3.21. The smallest absolute Gasteiger partial charge is 0.239 e. The predicted octanol–water partition coefficient (Wildman–Crippen LogP) is 1.66. The summed E-state index contributed by atoms with van der Waals surface area (Å²) >= 11 is 6.01.